The van der Waals surface area contributed by atoms with E-state index >= 15 is 0 Å². The van der Waals surface area contributed by atoms with Crippen molar-refractivity contribution in [1.29, 1.82) is 0 Å². The number of rotatable bonds is 3. The highest BCUT2D eigenvalue weighted by Crippen LogP contribution is 2.88. The monoisotopic (exact) mass is 674 g/mol. The molecule has 5 aliphatic carbocycles. The lowest BCUT2D eigenvalue weighted by Gasteiger charge is -2.62. The Morgan fingerprint density at radius 3 is 2.38 bits per heavy atom. The van der Waals surface area contributed by atoms with Gasteiger partial charge in [-0.1, -0.05) is 46.3 Å². The van der Waals surface area contributed by atoms with Gasteiger partial charge in [-0.25, -0.2) is 0 Å². The molecule has 11 nitrogen and oxygen atoms in total. The van der Waals surface area contributed by atoms with Gasteiger partial charge in [0.2, 0.25) is 5.79 Å². The van der Waals surface area contributed by atoms with Gasteiger partial charge < -0.3 is 48.8 Å². The van der Waals surface area contributed by atoms with Crippen molar-refractivity contribution in [3.8, 4) is 0 Å². The van der Waals surface area contributed by atoms with Crippen molar-refractivity contribution < 1.29 is 53.6 Å². The Labute approximate surface area is 282 Å². The molecular formula is C37H54O11. The number of hydrogen-bond donors (Lipinski definition) is 4. The van der Waals surface area contributed by atoms with Crippen molar-refractivity contribution >= 4 is 5.97 Å². The summed E-state index contributed by atoms with van der Waals surface area (Å²) < 4.78 is 37.8. The van der Waals surface area contributed by atoms with Crippen LogP contribution in [0.5, 0.6) is 0 Å². The molecule has 0 aromatic carbocycles. The highest BCUT2D eigenvalue weighted by atomic mass is 16.8. The van der Waals surface area contributed by atoms with Gasteiger partial charge in [-0.15, -0.1) is 0 Å². The molecule has 4 N–H and O–H groups in total. The van der Waals surface area contributed by atoms with Gasteiger partial charge in [-0.3, -0.25) is 4.79 Å². The van der Waals surface area contributed by atoms with Crippen molar-refractivity contribution in [3.05, 3.63) is 11.6 Å². The zero-order chi connectivity index (χ0) is 34.2. The first-order valence-corrected chi connectivity index (χ1v) is 18.3. The average molecular weight is 675 g/mol. The first kappa shape index (κ1) is 32.7. The lowest BCUT2D eigenvalue weighted by atomic mass is 9.44. The molecule has 11 heteroatoms. The third-order valence-corrected chi connectivity index (χ3v) is 16.1. The van der Waals surface area contributed by atoms with E-state index in [2.05, 4.69) is 40.7 Å². The summed E-state index contributed by atoms with van der Waals surface area (Å²) in [5.74, 6) is -0.600. The van der Waals surface area contributed by atoms with Crippen LogP contribution in [0.4, 0.5) is 0 Å². The van der Waals surface area contributed by atoms with Gasteiger partial charge in [0.05, 0.1) is 18.8 Å². The highest BCUT2D eigenvalue weighted by Gasteiger charge is 2.85. The molecule has 8 fully saturated rings. The summed E-state index contributed by atoms with van der Waals surface area (Å²) in [6.45, 7) is 14.9. The topological polar surface area (TPSA) is 157 Å². The zero-order valence-corrected chi connectivity index (χ0v) is 29.3. The molecule has 4 saturated carbocycles. The Kier molecular flexibility index (Phi) is 6.57. The molecule has 9 rings (SSSR count). The van der Waals surface area contributed by atoms with Crippen LogP contribution in [0.25, 0.3) is 0 Å². The summed E-state index contributed by atoms with van der Waals surface area (Å²) in [4.78, 5) is 12.9. The zero-order valence-electron chi connectivity index (χ0n) is 29.3. The van der Waals surface area contributed by atoms with Gasteiger partial charge in [-0.2, -0.15) is 0 Å². The van der Waals surface area contributed by atoms with E-state index in [1.165, 1.54) is 12.5 Å². The van der Waals surface area contributed by atoms with E-state index in [0.29, 0.717) is 12.3 Å². The lowest BCUT2D eigenvalue weighted by molar-refractivity contribution is -0.345. The first-order chi connectivity index (χ1) is 22.4. The molecule has 0 radical (unpaired) electrons. The number of epoxide rings is 1. The molecule has 4 aliphatic heterocycles. The van der Waals surface area contributed by atoms with Crippen molar-refractivity contribution in [2.75, 3.05) is 6.61 Å². The van der Waals surface area contributed by atoms with Gasteiger partial charge in [-0.05, 0) is 74.0 Å². The predicted octanol–water partition coefficient (Wildman–Crippen LogP) is 2.95. The number of hydrogen-bond acceptors (Lipinski definition) is 11. The minimum atomic E-state index is -1.32. The molecule has 4 heterocycles. The van der Waals surface area contributed by atoms with E-state index < -0.39 is 42.3 Å². The van der Waals surface area contributed by atoms with Crippen LogP contribution in [0, 0.1) is 44.8 Å². The number of aliphatic hydroxyl groups is 4. The second kappa shape index (κ2) is 9.63. The van der Waals surface area contributed by atoms with Crippen molar-refractivity contribution in [3.63, 3.8) is 0 Å². The Hall–Kier alpha value is -1.15. The Balaban J connectivity index is 1.06. The first-order valence-electron chi connectivity index (χ1n) is 18.3. The lowest BCUT2D eigenvalue weighted by Crippen LogP contribution is -2.61. The number of aliphatic hydroxyl groups excluding tert-OH is 4. The summed E-state index contributed by atoms with van der Waals surface area (Å²) in [5, 5.41) is 41.7. The Morgan fingerprint density at radius 1 is 0.958 bits per heavy atom. The Morgan fingerprint density at radius 2 is 1.71 bits per heavy atom. The number of carbonyl (C=O) groups is 1. The van der Waals surface area contributed by atoms with E-state index in [1.807, 2.05) is 6.92 Å². The molecule has 9 aliphatic rings. The average Bonchev–Trinajstić information content (AvgIpc) is 3.84. The molecule has 0 aromatic heterocycles. The smallest absolute Gasteiger partial charge is 0.302 e. The third kappa shape index (κ3) is 3.69. The SMILES string of the molecule is CC(=O)O[C@@H]1C[C@]23C[C@@]24CC[C@H](O[C@@H]2OC[C@@H](O)[C@H](O)[C@H]2O)C(C)(C)[C@@H]4CC=C3[C@]2(C)C[C@@H]3O[C@]4(C[C@@H](C)[C@@H]3[C@@]12C)O[C@H](O)[C@]1(C)O[C@@H]41. The molecule has 4 saturated heterocycles. The summed E-state index contributed by atoms with van der Waals surface area (Å²) >= 11 is 0. The fourth-order valence-corrected chi connectivity index (χ4v) is 13.8. The van der Waals surface area contributed by atoms with Gasteiger partial charge in [0, 0.05) is 29.6 Å². The maximum Gasteiger partial charge on any atom is 0.302 e. The Bertz CT molecular complexity index is 1450. The summed E-state index contributed by atoms with van der Waals surface area (Å²) in [6, 6.07) is 0. The van der Waals surface area contributed by atoms with E-state index in [4.69, 9.17) is 28.4 Å². The maximum atomic E-state index is 12.9. The molecule has 48 heavy (non-hydrogen) atoms. The van der Waals surface area contributed by atoms with Crippen LogP contribution in [0.1, 0.15) is 93.4 Å². The minimum Gasteiger partial charge on any atom is -0.462 e. The van der Waals surface area contributed by atoms with Crippen LogP contribution >= 0.6 is 0 Å². The van der Waals surface area contributed by atoms with Crippen molar-refractivity contribution in [2.45, 2.75) is 160 Å². The summed E-state index contributed by atoms with van der Waals surface area (Å²) in [5.41, 5.74) is -0.191. The van der Waals surface area contributed by atoms with Crippen LogP contribution < -0.4 is 0 Å². The number of ether oxygens (including phenoxy) is 6. The van der Waals surface area contributed by atoms with E-state index in [9.17, 15) is 25.2 Å². The fourth-order valence-electron chi connectivity index (χ4n) is 13.8. The second-order valence-electron chi connectivity index (χ2n) is 18.5. The molecule has 0 amide bonds. The molecule has 0 aromatic rings. The van der Waals surface area contributed by atoms with Gasteiger partial charge in [0.1, 0.15) is 36.1 Å². The van der Waals surface area contributed by atoms with E-state index in [0.717, 1.165) is 38.5 Å². The molecule has 3 spiro atoms. The molecule has 0 bridgehead atoms. The van der Waals surface area contributed by atoms with Gasteiger partial charge in [0.15, 0.2) is 12.6 Å². The summed E-state index contributed by atoms with van der Waals surface area (Å²) in [7, 11) is 0. The van der Waals surface area contributed by atoms with Crippen LogP contribution in [0.15, 0.2) is 11.6 Å². The number of fused-ring (bicyclic) bond motifs is 6. The van der Waals surface area contributed by atoms with Crippen LogP contribution in [0.2, 0.25) is 0 Å². The summed E-state index contributed by atoms with van der Waals surface area (Å²) in [6.07, 6.45) is 1.68. The quantitative estimate of drug-likeness (QED) is 0.198. The minimum absolute atomic E-state index is 0.0364. The number of carbonyl (C=O) groups excluding carboxylic acids is 1. The highest BCUT2D eigenvalue weighted by molar-refractivity contribution is 5.66. The predicted molar refractivity (Wildman–Crippen MR) is 168 cm³/mol. The largest absolute Gasteiger partial charge is 0.462 e. The van der Waals surface area contributed by atoms with E-state index in [-0.39, 0.29) is 75.9 Å². The van der Waals surface area contributed by atoms with Crippen LogP contribution in [0.3, 0.4) is 0 Å². The second-order valence-corrected chi connectivity index (χ2v) is 18.5. The molecular weight excluding hydrogens is 620 g/mol. The molecule has 18 atom stereocenters. The van der Waals surface area contributed by atoms with Crippen molar-refractivity contribution in [2.24, 2.45) is 44.8 Å². The standard InChI is InChI=1S/C37H54O11/c1-17-12-37(29-34(7,47-29)30(42)48-37)46-20-13-32(5)22-9-8-21-31(3,4)23(45-28-27(41)26(40)19(39)15-43-28)10-11-35(21)16-36(22,35)14-24(44-18(2)38)33(32,6)25(17)20/h9,17,19-21,23-30,39-42H,8,10-16H2,1-7H3/t17-,19-,20+,21+,23+,24-,25+,26+,27-,28+,29-,30+,32+,33-,34-,35-,36-,37-/m1/s1. The van der Waals surface area contributed by atoms with Crippen LogP contribution in [-0.4, -0.2) is 99.7 Å². The fraction of sp³-hybridized carbons (Fsp3) is 0.919. The van der Waals surface area contributed by atoms with Crippen molar-refractivity contribution in [1.82, 2.24) is 0 Å². The van der Waals surface area contributed by atoms with Gasteiger partial charge >= 0.3 is 5.97 Å². The third-order valence-electron chi connectivity index (χ3n) is 16.1. The maximum absolute atomic E-state index is 12.9. The van der Waals surface area contributed by atoms with Crippen LogP contribution in [-0.2, 0) is 33.2 Å². The number of allylic oxidation sites excluding steroid dienone is 2. The molecule has 0 unspecified atom stereocenters. The van der Waals surface area contributed by atoms with E-state index in [1.54, 1.807) is 0 Å². The molecule has 268 valence electrons. The number of esters is 1. The normalized spacial score (nSPS) is 61.6. The van der Waals surface area contributed by atoms with Gasteiger partial charge in [0.25, 0.3) is 0 Å².